The van der Waals surface area contributed by atoms with Gasteiger partial charge in [-0.1, -0.05) is 30.9 Å². The van der Waals surface area contributed by atoms with E-state index in [1.54, 1.807) is 0 Å². The molecule has 0 aliphatic carbocycles. The molecule has 0 aliphatic heterocycles. The Hall–Kier alpha value is -1.75. The molecule has 0 radical (unpaired) electrons. The quantitative estimate of drug-likeness (QED) is 0.721. The molecular formula is C12H12O2. The molecule has 0 saturated heterocycles. The van der Waals surface area contributed by atoms with E-state index in [2.05, 4.69) is 18.8 Å². The smallest absolute Gasteiger partial charge is 0.315 e. The van der Waals surface area contributed by atoms with Crippen LogP contribution in [0.4, 0.5) is 0 Å². The summed E-state index contributed by atoms with van der Waals surface area (Å²) in [6, 6.07) is 7.83. The lowest BCUT2D eigenvalue weighted by atomic mass is 10.1. The summed E-state index contributed by atoms with van der Waals surface area (Å²) in [4.78, 5) is 10.2. The van der Waals surface area contributed by atoms with Gasteiger partial charge in [-0.2, -0.15) is 0 Å². The summed E-state index contributed by atoms with van der Waals surface area (Å²) in [6.07, 6.45) is 0.866. The SMILES string of the molecule is CCc1cccc(C#CCC(=O)O)c1. The lowest BCUT2D eigenvalue weighted by molar-refractivity contribution is -0.135. The number of aliphatic carboxylic acids is 1. The number of hydrogen-bond acceptors (Lipinski definition) is 1. The third kappa shape index (κ3) is 3.32. The van der Waals surface area contributed by atoms with Crippen molar-refractivity contribution in [3.63, 3.8) is 0 Å². The predicted molar refractivity (Wildman–Crippen MR) is 55.0 cm³/mol. The van der Waals surface area contributed by atoms with E-state index in [1.165, 1.54) is 5.56 Å². The summed E-state index contributed by atoms with van der Waals surface area (Å²) in [5.74, 6) is 4.54. The van der Waals surface area contributed by atoms with Crippen LogP contribution in [-0.2, 0) is 11.2 Å². The van der Waals surface area contributed by atoms with Gasteiger partial charge in [0, 0.05) is 5.56 Å². The van der Waals surface area contributed by atoms with Crippen molar-refractivity contribution in [3.8, 4) is 11.8 Å². The molecule has 0 heterocycles. The van der Waals surface area contributed by atoms with Gasteiger partial charge in [0.05, 0.1) is 0 Å². The molecule has 0 aliphatic rings. The standard InChI is InChI=1S/C12H12O2/c1-2-10-5-3-6-11(9-10)7-4-8-12(13)14/h3,5-6,9H,2,8H2,1H3,(H,13,14). The van der Waals surface area contributed by atoms with E-state index in [-0.39, 0.29) is 6.42 Å². The van der Waals surface area contributed by atoms with Gasteiger partial charge in [-0.3, -0.25) is 4.79 Å². The summed E-state index contributed by atoms with van der Waals surface area (Å²) >= 11 is 0. The number of benzene rings is 1. The third-order valence-electron chi connectivity index (χ3n) is 1.81. The normalized spacial score (nSPS) is 8.93. The van der Waals surface area contributed by atoms with E-state index in [0.29, 0.717) is 0 Å². The Balaban J connectivity index is 2.74. The number of carboxylic acids is 1. The van der Waals surface area contributed by atoms with E-state index in [0.717, 1.165) is 12.0 Å². The fourth-order valence-electron chi connectivity index (χ4n) is 1.09. The van der Waals surface area contributed by atoms with Crippen molar-refractivity contribution in [3.05, 3.63) is 35.4 Å². The molecule has 0 amide bonds. The van der Waals surface area contributed by atoms with E-state index in [4.69, 9.17) is 5.11 Å². The Kier molecular flexibility index (Phi) is 3.75. The topological polar surface area (TPSA) is 37.3 Å². The van der Waals surface area contributed by atoms with E-state index in [1.807, 2.05) is 24.3 Å². The van der Waals surface area contributed by atoms with Gasteiger partial charge < -0.3 is 5.11 Å². The average Bonchev–Trinajstić information content (AvgIpc) is 2.18. The Morgan fingerprint density at radius 1 is 1.50 bits per heavy atom. The first-order chi connectivity index (χ1) is 6.72. The summed E-state index contributed by atoms with van der Waals surface area (Å²) in [7, 11) is 0. The summed E-state index contributed by atoms with van der Waals surface area (Å²) in [6.45, 7) is 2.07. The Morgan fingerprint density at radius 3 is 2.93 bits per heavy atom. The minimum Gasteiger partial charge on any atom is -0.481 e. The largest absolute Gasteiger partial charge is 0.481 e. The molecule has 0 atom stereocenters. The molecule has 1 aromatic rings. The van der Waals surface area contributed by atoms with Crippen molar-refractivity contribution >= 4 is 5.97 Å². The zero-order chi connectivity index (χ0) is 10.4. The van der Waals surface area contributed by atoms with Gasteiger partial charge >= 0.3 is 5.97 Å². The highest BCUT2D eigenvalue weighted by Crippen LogP contribution is 2.04. The second kappa shape index (κ2) is 5.08. The van der Waals surface area contributed by atoms with Gasteiger partial charge in [0.15, 0.2) is 0 Å². The number of aryl methyl sites for hydroxylation is 1. The van der Waals surface area contributed by atoms with E-state index in [9.17, 15) is 4.79 Å². The van der Waals surface area contributed by atoms with Crippen molar-refractivity contribution in [2.45, 2.75) is 19.8 Å². The fraction of sp³-hybridized carbons (Fsp3) is 0.250. The molecule has 0 spiro atoms. The molecule has 0 bridgehead atoms. The van der Waals surface area contributed by atoms with Crippen molar-refractivity contribution in [2.24, 2.45) is 0 Å². The Labute approximate surface area is 83.6 Å². The van der Waals surface area contributed by atoms with Crippen molar-refractivity contribution in [1.29, 1.82) is 0 Å². The third-order valence-corrected chi connectivity index (χ3v) is 1.81. The Morgan fingerprint density at radius 2 is 2.29 bits per heavy atom. The fourth-order valence-corrected chi connectivity index (χ4v) is 1.09. The maximum Gasteiger partial charge on any atom is 0.315 e. The van der Waals surface area contributed by atoms with Crippen LogP contribution < -0.4 is 0 Å². The number of carboxylic acid groups (broad SMARTS) is 1. The molecule has 1 rings (SSSR count). The molecule has 0 unspecified atom stereocenters. The van der Waals surface area contributed by atoms with Gasteiger partial charge in [-0.05, 0) is 24.1 Å². The molecule has 0 aromatic heterocycles. The zero-order valence-corrected chi connectivity index (χ0v) is 8.08. The highest BCUT2D eigenvalue weighted by Gasteiger charge is 1.91. The van der Waals surface area contributed by atoms with Crippen LogP contribution in [0.1, 0.15) is 24.5 Å². The maximum atomic E-state index is 10.2. The highest BCUT2D eigenvalue weighted by atomic mass is 16.4. The average molecular weight is 188 g/mol. The zero-order valence-electron chi connectivity index (χ0n) is 8.08. The van der Waals surface area contributed by atoms with Crippen molar-refractivity contribution in [2.75, 3.05) is 0 Å². The van der Waals surface area contributed by atoms with Crippen LogP contribution in [0.5, 0.6) is 0 Å². The molecule has 1 N–H and O–H groups in total. The van der Waals surface area contributed by atoms with Crippen LogP contribution in [0, 0.1) is 11.8 Å². The van der Waals surface area contributed by atoms with Crippen LogP contribution in [0.15, 0.2) is 24.3 Å². The number of rotatable bonds is 2. The van der Waals surface area contributed by atoms with Gasteiger partial charge in [0.1, 0.15) is 6.42 Å². The van der Waals surface area contributed by atoms with Gasteiger partial charge in [0.2, 0.25) is 0 Å². The molecule has 2 heteroatoms. The van der Waals surface area contributed by atoms with Crippen LogP contribution in [0.3, 0.4) is 0 Å². The second-order valence-corrected chi connectivity index (χ2v) is 2.93. The molecule has 0 fully saturated rings. The van der Waals surface area contributed by atoms with Gasteiger partial charge in [-0.25, -0.2) is 0 Å². The predicted octanol–water partition coefficient (Wildman–Crippen LogP) is 2.08. The van der Waals surface area contributed by atoms with Gasteiger partial charge in [0.25, 0.3) is 0 Å². The summed E-state index contributed by atoms with van der Waals surface area (Å²) in [5, 5.41) is 8.39. The van der Waals surface area contributed by atoms with E-state index >= 15 is 0 Å². The molecule has 0 saturated carbocycles. The highest BCUT2D eigenvalue weighted by molar-refractivity contribution is 5.70. The van der Waals surface area contributed by atoms with Crippen LogP contribution in [0.2, 0.25) is 0 Å². The van der Waals surface area contributed by atoms with E-state index < -0.39 is 5.97 Å². The van der Waals surface area contributed by atoms with Crippen LogP contribution >= 0.6 is 0 Å². The van der Waals surface area contributed by atoms with Gasteiger partial charge in [-0.15, -0.1) is 0 Å². The van der Waals surface area contributed by atoms with Crippen molar-refractivity contribution in [1.82, 2.24) is 0 Å². The first-order valence-corrected chi connectivity index (χ1v) is 4.52. The Bertz CT molecular complexity index is 383. The first-order valence-electron chi connectivity index (χ1n) is 4.52. The molecule has 14 heavy (non-hydrogen) atoms. The van der Waals surface area contributed by atoms with Crippen molar-refractivity contribution < 1.29 is 9.90 Å². The molecule has 2 nitrogen and oxygen atoms in total. The molecule has 1 aromatic carbocycles. The first kappa shape index (κ1) is 10.3. The minimum atomic E-state index is -0.885. The maximum absolute atomic E-state index is 10.2. The lowest BCUT2D eigenvalue weighted by Crippen LogP contribution is -1.90. The summed E-state index contributed by atoms with van der Waals surface area (Å²) in [5.41, 5.74) is 2.10. The molecular weight excluding hydrogens is 176 g/mol. The number of carbonyl (C=O) groups is 1. The lowest BCUT2D eigenvalue weighted by Gasteiger charge is -1.95. The summed E-state index contributed by atoms with van der Waals surface area (Å²) < 4.78 is 0. The molecule has 72 valence electrons. The van der Waals surface area contributed by atoms with Crippen LogP contribution in [0.25, 0.3) is 0 Å². The minimum absolute atomic E-state index is 0.101. The van der Waals surface area contributed by atoms with Crippen LogP contribution in [-0.4, -0.2) is 11.1 Å². The monoisotopic (exact) mass is 188 g/mol. The number of hydrogen-bond donors (Lipinski definition) is 1. The second-order valence-electron chi connectivity index (χ2n) is 2.93.